The molecular formula is C13H21N5O2S. The fourth-order valence-corrected chi connectivity index (χ4v) is 4.39. The van der Waals surface area contributed by atoms with Crippen molar-refractivity contribution < 1.29 is 9.90 Å². The lowest BCUT2D eigenvalue weighted by atomic mass is 9.82. The molecule has 0 aromatic carbocycles. The molecule has 0 radical (unpaired) electrons. The minimum atomic E-state index is -0.853. The zero-order chi connectivity index (χ0) is 15.0. The summed E-state index contributed by atoms with van der Waals surface area (Å²) < 4.78 is 1.95. The Morgan fingerprint density at radius 2 is 2.00 bits per heavy atom. The van der Waals surface area contributed by atoms with Gasteiger partial charge in [0.15, 0.2) is 5.16 Å². The van der Waals surface area contributed by atoms with Crippen molar-refractivity contribution in [3.05, 3.63) is 0 Å². The average molecular weight is 311 g/mol. The van der Waals surface area contributed by atoms with Gasteiger partial charge in [0.05, 0.1) is 5.75 Å². The molecule has 3 N–H and O–H groups in total. The topological polar surface area (TPSA) is 97.3 Å². The third-order valence-electron chi connectivity index (χ3n) is 4.70. The number of anilines is 1. The summed E-state index contributed by atoms with van der Waals surface area (Å²) in [4.78, 5) is 13.2. The zero-order valence-electron chi connectivity index (χ0n) is 12.1. The number of carbonyl (C=O) groups is 1. The van der Waals surface area contributed by atoms with Crippen molar-refractivity contribution in [2.75, 3.05) is 18.5 Å². The second-order valence-electron chi connectivity index (χ2n) is 5.92. The van der Waals surface area contributed by atoms with Gasteiger partial charge in [0, 0.05) is 18.1 Å². The first-order valence-corrected chi connectivity index (χ1v) is 8.31. The predicted octanol–water partition coefficient (Wildman–Crippen LogP) is 1.22. The molecule has 116 valence electrons. The van der Waals surface area contributed by atoms with Crippen LogP contribution < -0.4 is 5.73 Å². The number of nitrogens with zero attached hydrogens (tertiary/aromatic N) is 4. The molecule has 0 aliphatic carbocycles. The van der Waals surface area contributed by atoms with Crippen LogP contribution in [0.25, 0.3) is 0 Å². The monoisotopic (exact) mass is 311 g/mol. The van der Waals surface area contributed by atoms with Gasteiger partial charge in [-0.05, 0) is 32.7 Å². The van der Waals surface area contributed by atoms with Crippen LogP contribution in [-0.2, 0) is 4.79 Å². The van der Waals surface area contributed by atoms with E-state index in [1.54, 1.807) is 0 Å². The Morgan fingerprint density at radius 1 is 1.33 bits per heavy atom. The van der Waals surface area contributed by atoms with E-state index in [1.807, 2.05) is 4.57 Å². The summed E-state index contributed by atoms with van der Waals surface area (Å²) in [5, 5.41) is 17.5. The van der Waals surface area contributed by atoms with E-state index in [1.165, 1.54) is 31.0 Å². The van der Waals surface area contributed by atoms with Gasteiger partial charge < -0.3 is 15.7 Å². The number of aliphatic carboxylic acids is 1. The Bertz CT molecular complexity index is 521. The standard InChI is InChI=1S/C13H21N5O2S/c1-17-8-3-2-4-9(17)6-10(5-8)18-12(14)15-16-13(18)21-7-11(19)20/h8-10H,2-7H2,1H3,(H2,14,15)(H,19,20). The molecule has 0 amide bonds. The highest BCUT2D eigenvalue weighted by atomic mass is 32.2. The van der Waals surface area contributed by atoms with Crippen molar-refractivity contribution in [1.82, 2.24) is 19.7 Å². The van der Waals surface area contributed by atoms with Crippen molar-refractivity contribution >= 4 is 23.7 Å². The van der Waals surface area contributed by atoms with Crippen LogP contribution in [-0.4, -0.2) is 55.6 Å². The molecule has 2 aliphatic rings. The average Bonchev–Trinajstić information content (AvgIpc) is 2.77. The molecule has 3 heterocycles. The molecule has 2 aliphatic heterocycles. The van der Waals surface area contributed by atoms with E-state index in [9.17, 15) is 4.79 Å². The van der Waals surface area contributed by atoms with E-state index in [0.717, 1.165) is 12.8 Å². The molecule has 8 heteroatoms. The number of nitrogens with two attached hydrogens (primary N) is 1. The van der Waals surface area contributed by atoms with Gasteiger partial charge in [0.2, 0.25) is 5.95 Å². The lowest BCUT2D eigenvalue weighted by Gasteiger charge is -2.47. The SMILES string of the molecule is CN1C2CCCC1CC(n1c(N)nnc1SCC(=O)O)C2. The first kappa shape index (κ1) is 14.6. The fraction of sp³-hybridized carbons (Fsp3) is 0.769. The van der Waals surface area contributed by atoms with Gasteiger partial charge in [0.1, 0.15) is 0 Å². The third-order valence-corrected chi connectivity index (χ3v) is 5.62. The van der Waals surface area contributed by atoms with Gasteiger partial charge in [0.25, 0.3) is 0 Å². The first-order chi connectivity index (χ1) is 10.1. The second kappa shape index (κ2) is 5.84. The molecule has 0 saturated carbocycles. The Hall–Kier alpha value is -1.28. The minimum Gasteiger partial charge on any atom is -0.481 e. The zero-order valence-corrected chi connectivity index (χ0v) is 12.9. The van der Waals surface area contributed by atoms with Gasteiger partial charge in [-0.2, -0.15) is 0 Å². The molecule has 21 heavy (non-hydrogen) atoms. The summed E-state index contributed by atoms with van der Waals surface area (Å²) in [6, 6.07) is 1.45. The van der Waals surface area contributed by atoms with Gasteiger partial charge in [-0.15, -0.1) is 10.2 Å². The largest absolute Gasteiger partial charge is 0.481 e. The van der Waals surface area contributed by atoms with Gasteiger partial charge in [-0.1, -0.05) is 18.2 Å². The van der Waals surface area contributed by atoms with Crippen LogP contribution in [0.4, 0.5) is 5.95 Å². The Kier molecular flexibility index (Phi) is 4.08. The second-order valence-corrected chi connectivity index (χ2v) is 6.86. The number of aromatic nitrogens is 3. The smallest absolute Gasteiger partial charge is 0.313 e. The summed E-state index contributed by atoms with van der Waals surface area (Å²) in [5.41, 5.74) is 5.98. The van der Waals surface area contributed by atoms with E-state index in [0.29, 0.717) is 23.2 Å². The van der Waals surface area contributed by atoms with E-state index in [-0.39, 0.29) is 11.8 Å². The molecule has 2 atom stereocenters. The number of hydrogen-bond donors (Lipinski definition) is 2. The summed E-state index contributed by atoms with van der Waals surface area (Å²) in [7, 11) is 2.21. The highest BCUT2D eigenvalue weighted by Gasteiger charge is 2.38. The van der Waals surface area contributed by atoms with Crippen LogP contribution in [0.2, 0.25) is 0 Å². The van der Waals surface area contributed by atoms with Crippen LogP contribution in [0.5, 0.6) is 0 Å². The van der Waals surface area contributed by atoms with Gasteiger partial charge in [-0.3, -0.25) is 9.36 Å². The van der Waals surface area contributed by atoms with Crippen molar-refractivity contribution in [3.8, 4) is 0 Å². The molecule has 2 bridgehead atoms. The predicted molar refractivity (Wildman–Crippen MR) is 80.3 cm³/mol. The fourth-order valence-electron chi connectivity index (χ4n) is 3.65. The van der Waals surface area contributed by atoms with Crippen LogP contribution in [0.15, 0.2) is 5.16 Å². The summed E-state index contributed by atoms with van der Waals surface area (Å²) >= 11 is 1.19. The van der Waals surface area contributed by atoms with Crippen molar-refractivity contribution in [3.63, 3.8) is 0 Å². The van der Waals surface area contributed by atoms with E-state index in [2.05, 4.69) is 22.1 Å². The first-order valence-electron chi connectivity index (χ1n) is 7.33. The number of hydrogen-bond acceptors (Lipinski definition) is 6. The molecule has 3 rings (SSSR count). The van der Waals surface area contributed by atoms with E-state index in [4.69, 9.17) is 10.8 Å². The molecule has 2 unspecified atom stereocenters. The highest BCUT2D eigenvalue weighted by molar-refractivity contribution is 7.99. The van der Waals surface area contributed by atoms with Crippen LogP contribution in [0.1, 0.15) is 38.1 Å². The lowest BCUT2D eigenvalue weighted by Crippen LogP contribution is -2.50. The number of piperidine rings is 2. The number of carboxylic acid groups (broad SMARTS) is 1. The molecule has 2 fully saturated rings. The molecule has 0 spiro atoms. The summed E-state index contributed by atoms with van der Waals surface area (Å²) in [5.74, 6) is -0.471. The Balaban J connectivity index is 1.80. The lowest BCUT2D eigenvalue weighted by molar-refractivity contribution is -0.133. The van der Waals surface area contributed by atoms with Gasteiger partial charge in [-0.25, -0.2) is 0 Å². The highest BCUT2D eigenvalue weighted by Crippen LogP contribution is 2.40. The third kappa shape index (κ3) is 2.87. The number of rotatable bonds is 4. The summed E-state index contributed by atoms with van der Waals surface area (Å²) in [6.07, 6.45) is 5.82. The maximum Gasteiger partial charge on any atom is 0.313 e. The number of fused-ring (bicyclic) bond motifs is 2. The van der Waals surface area contributed by atoms with Crippen LogP contribution >= 0.6 is 11.8 Å². The van der Waals surface area contributed by atoms with Crippen molar-refractivity contribution in [2.24, 2.45) is 0 Å². The van der Waals surface area contributed by atoms with Crippen molar-refractivity contribution in [1.29, 1.82) is 0 Å². The Morgan fingerprint density at radius 3 is 2.62 bits per heavy atom. The molecule has 1 aromatic rings. The van der Waals surface area contributed by atoms with Crippen LogP contribution in [0.3, 0.4) is 0 Å². The van der Waals surface area contributed by atoms with E-state index >= 15 is 0 Å². The van der Waals surface area contributed by atoms with Gasteiger partial charge >= 0.3 is 5.97 Å². The molecule has 1 aromatic heterocycles. The van der Waals surface area contributed by atoms with Crippen molar-refractivity contribution in [2.45, 2.75) is 55.4 Å². The molecule has 2 saturated heterocycles. The number of carboxylic acids is 1. The number of nitrogen functional groups attached to an aromatic ring is 1. The molecular weight excluding hydrogens is 290 g/mol. The minimum absolute atomic E-state index is 0.0163. The number of thioether (sulfide) groups is 1. The van der Waals surface area contributed by atoms with E-state index < -0.39 is 5.97 Å². The Labute approximate surface area is 127 Å². The maximum absolute atomic E-state index is 10.8. The normalized spacial score (nSPS) is 29.5. The maximum atomic E-state index is 10.8. The summed E-state index contributed by atoms with van der Waals surface area (Å²) in [6.45, 7) is 0. The molecule has 7 nitrogen and oxygen atoms in total. The quantitative estimate of drug-likeness (QED) is 0.807. The van der Waals surface area contributed by atoms with Crippen LogP contribution in [0, 0.1) is 0 Å².